The first-order chi connectivity index (χ1) is 13.2. The lowest BCUT2D eigenvalue weighted by molar-refractivity contribution is -0.125. The Morgan fingerprint density at radius 2 is 1.75 bits per heavy atom. The Balaban J connectivity index is 0.00000280. The van der Waals surface area contributed by atoms with Crippen molar-refractivity contribution in [3.05, 3.63) is 30.3 Å². The molecular weight excluding hydrogens is 483 g/mol. The van der Waals surface area contributed by atoms with Crippen molar-refractivity contribution >= 4 is 47.6 Å². The molecule has 0 aliphatic heterocycles. The third-order valence-electron chi connectivity index (χ3n) is 5.38. The zero-order valence-corrected chi connectivity index (χ0v) is 19.9. The summed E-state index contributed by atoms with van der Waals surface area (Å²) in [6, 6.07) is 10.6. The largest absolute Gasteiger partial charge is 0.355 e. The van der Waals surface area contributed by atoms with E-state index in [1.54, 1.807) is 7.05 Å². The molecule has 1 aromatic carbocycles. The van der Waals surface area contributed by atoms with Gasteiger partial charge in [0.25, 0.3) is 0 Å². The van der Waals surface area contributed by atoms with Gasteiger partial charge in [-0.15, -0.1) is 35.7 Å². The molecule has 3 N–H and O–H groups in total. The molecular formula is C21H33IN4OS. The van der Waals surface area contributed by atoms with Gasteiger partial charge in [-0.1, -0.05) is 37.5 Å². The van der Waals surface area contributed by atoms with Crippen molar-refractivity contribution in [2.75, 3.05) is 26.7 Å². The first kappa shape index (κ1) is 23.3. The van der Waals surface area contributed by atoms with E-state index in [0.717, 1.165) is 25.3 Å². The van der Waals surface area contributed by atoms with E-state index in [2.05, 4.69) is 51.3 Å². The molecule has 0 atom stereocenters. The molecule has 2 fully saturated rings. The highest BCUT2D eigenvalue weighted by Gasteiger charge is 2.43. The second kappa shape index (κ2) is 11.9. The van der Waals surface area contributed by atoms with Gasteiger partial charge in [-0.3, -0.25) is 9.79 Å². The van der Waals surface area contributed by atoms with E-state index in [4.69, 9.17) is 0 Å². The number of benzene rings is 1. The number of nitrogens with one attached hydrogen (secondary N) is 3. The van der Waals surface area contributed by atoms with Crippen LogP contribution in [-0.2, 0) is 4.79 Å². The molecule has 0 saturated heterocycles. The number of halogens is 1. The van der Waals surface area contributed by atoms with Crippen molar-refractivity contribution < 1.29 is 4.79 Å². The van der Waals surface area contributed by atoms with E-state index in [0.29, 0.717) is 13.1 Å². The van der Waals surface area contributed by atoms with Gasteiger partial charge in [-0.05, 0) is 37.8 Å². The van der Waals surface area contributed by atoms with Crippen LogP contribution >= 0.6 is 35.7 Å². The average Bonchev–Trinajstić information content (AvgIpc) is 3.48. The fourth-order valence-corrected chi connectivity index (χ4v) is 4.78. The molecule has 3 rings (SSSR count). The fourth-order valence-electron chi connectivity index (χ4n) is 3.53. The number of rotatable bonds is 8. The van der Waals surface area contributed by atoms with Crippen molar-refractivity contribution in [1.29, 1.82) is 0 Å². The van der Waals surface area contributed by atoms with Gasteiger partial charge in [-0.2, -0.15) is 0 Å². The Kier molecular flexibility index (Phi) is 9.91. The van der Waals surface area contributed by atoms with Gasteiger partial charge in [-0.25, -0.2) is 0 Å². The van der Waals surface area contributed by atoms with Crippen LogP contribution < -0.4 is 16.0 Å². The lowest BCUT2D eigenvalue weighted by Gasteiger charge is -2.21. The summed E-state index contributed by atoms with van der Waals surface area (Å²) in [5.41, 5.74) is 0. The molecule has 28 heavy (non-hydrogen) atoms. The molecule has 7 heteroatoms. The van der Waals surface area contributed by atoms with Gasteiger partial charge >= 0.3 is 0 Å². The Labute approximate surface area is 190 Å². The Hall–Kier alpha value is -0.960. The molecule has 156 valence electrons. The normalized spacial score (nSPS) is 18.7. The summed E-state index contributed by atoms with van der Waals surface area (Å²) >= 11 is 1.96. The molecule has 5 nitrogen and oxygen atoms in total. The molecule has 1 aromatic rings. The molecule has 2 aliphatic carbocycles. The lowest BCUT2D eigenvalue weighted by atomic mass is 9.89. The monoisotopic (exact) mass is 516 g/mol. The van der Waals surface area contributed by atoms with Crippen LogP contribution in [0.5, 0.6) is 0 Å². The highest BCUT2D eigenvalue weighted by molar-refractivity contribution is 14.0. The van der Waals surface area contributed by atoms with Crippen LogP contribution in [0.25, 0.3) is 0 Å². The van der Waals surface area contributed by atoms with Crippen LogP contribution in [-0.4, -0.2) is 43.3 Å². The maximum atomic E-state index is 12.2. The number of aliphatic imine (C=N–C) groups is 1. The number of thioether (sulfide) groups is 1. The molecule has 0 bridgehead atoms. The average molecular weight is 516 g/mol. The maximum Gasteiger partial charge on any atom is 0.223 e. The van der Waals surface area contributed by atoms with E-state index in [1.165, 1.54) is 37.0 Å². The van der Waals surface area contributed by atoms with Gasteiger partial charge in [0.2, 0.25) is 5.91 Å². The predicted molar refractivity (Wildman–Crippen MR) is 129 cm³/mol. The number of carbonyl (C=O) groups is 1. The lowest BCUT2D eigenvalue weighted by Crippen LogP contribution is -2.44. The molecule has 0 aromatic heterocycles. The van der Waals surface area contributed by atoms with E-state index >= 15 is 0 Å². The van der Waals surface area contributed by atoms with Crippen LogP contribution in [0.4, 0.5) is 0 Å². The standard InChI is InChI=1S/C21H32N4OS.HI/c1-22-20(24-15-14-23-19(26)17-8-4-2-5-9-17)25-16-21(12-13-21)27-18-10-6-3-7-11-18;/h3,6-7,10-11,17H,2,4-5,8-9,12-16H2,1H3,(H,23,26)(H2,22,24,25);1H. The number of hydrogen-bond donors (Lipinski definition) is 3. The molecule has 1 amide bonds. The first-order valence-corrected chi connectivity index (χ1v) is 11.0. The smallest absolute Gasteiger partial charge is 0.223 e. The summed E-state index contributed by atoms with van der Waals surface area (Å²) in [4.78, 5) is 17.8. The van der Waals surface area contributed by atoms with Gasteiger partial charge in [0.1, 0.15) is 0 Å². The Bertz CT molecular complexity index is 631. The van der Waals surface area contributed by atoms with Gasteiger partial charge in [0.05, 0.1) is 0 Å². The molecule has 2 saturated carbocycles. The summed E-state index contributed by atoms with van der Waals surface area (Å²) in [6.07, 6.45) is 8.21. The molecule has 0 spiro atoms. The van der Waals surface area contributed by atoms with E-state index in [9.17, 15) is 4.79 Å². The summed E-state index contributed by atoms with van der Waals surface area (Å²) in [5, 5.41) is 9.82. The second-order valence-electron chi connectivity index (χ2n) is 7.58. The van der Waals surface area contributed by atoms with Crippen molar-refractivity contribution in [2.45, 2.75) is 54.6 Å². The minimum Gasteiger partial charge on any atom is -0.355 e. The van der Waals surface area contributed by atoms with Crippen molar-refractivity contribution in [3.8, 4) is 0 Å². The maximum absolute atomic E-state index is 12.2. The zero-order valence-electron chi connectivity index (χ0n) is 16.7. The van der Waals surface area contributed by atoms with Crippen LogP contribution in [0, 0.1) is 5.92 Å². The van der Waals surface area contributed by atoms with E-state index < -0.39 is 0 Å². The summed E-state index contributed by atoms with van der Waals surface area (Å²) in [6.45, 7) is 2.23. The fraction of sp³-hybridized carbons (Fsp3) is 0.619. The molecule has 0 unspecified atom stereocenters. The number of hydrogen-bond acceptors (Lipinski definition) is 3. The quantitative estimate of drug-likeness (QED) is 0.213. The Morgan fingerprint density at radius 3 is 2.39 bits per heavy atom. The number of carbonyl (C=O) groups excluding carboxylic acids is 1. The summed E-state index contributed by atoms with van der Waals surface area (Å²) in [5.74, 6) is 1.25. The highest BCUT2D eigenvalue weighted by atomic mass is 127. The van der Waals surface area contributed by atoms with E-state index in [1.807, 2.05) is 11.8 Å². The zero-order chi connectivity index (χ0) is 19.0. The van der Waals surface area contributed by atoms with Crippen LogP contribution in [0.15, 0.2) is 40.2 Å². The van der Waals surface area contributed by atoms with Gasteiger partial charge in [0.15, 0.2) is 5.96 Å². The van der Waals surface area contributed by atoms with Crippen molar-refractivity contribution in [3.63, 3.8) is 0 Å². The SMILES string of the molecule is CN=C(NCCNC(=O)C1CCCCC1)NCC1(Sc2ccccc2)CC1.I. The molecule has 2 aliphatic rings. The van der Waals surface area contributed by atoms with Gasteiger partial charge in [0, 0.05) is 42.2 Å². The summed E-state index contributed by atoms with van der Waals surface area (Å²) < 4.78 is 0.286. The number of guanidine groups is 1. The minimum atomic E-state index is 0. The third-order valence-corrected chi connectivity index (χ3v) is 6.87. The predicted octanol–water partition coefficient (Wildman–Crippen LogP) is 3.79. The third kappa shape index (κ3) is 7.46. The minimum absolute atomic E-state index is 0. The highest BCUT2D eigenvalue weighted by Crippen LogP contribution is 2.51. The molecule has 0 heterocycles. The van der Waals surface area contributed by atoms with E-state index in [-0.39, 0.29) is 40.5 Å². The van der Waals surface area contributed by atoms with Crippen LogP contribution in [0.1, 0.15) is 44.9 Å². The Morgan fingerprint density at radius 1 is 1.07 bits per heavy atom. The van der Waals surface area contributed by atoms with Crippen LogP contribution in [0.2, 0.25) is 0 Å². The van der Waals surface area contributed by atoms with Crippen molar-refractivity contribution in [1.82, 2.24) is 16.0 Å². The molecule has 0 radical (unpaired) electrons. The van der Waals surface area contributed by atoms with Gasteiger partial charge < -0.3 is 16.0 Å². The topological polar surface area (TPSA) is 65.5 Å². The van der Waals surface area contributed by atoms with Crippen molar-refractivity contribution in [2.24, 2.45) is 10.9 Å². The van der Waals surface area contributed by atoms with Crippen LogP contribution in [0.3, 0.4) is 0 Å². The number of nitrogens with zero attached hydrogens (tertiary/aromatic N) is 1. The number of amides is 1. The first-order valence-electron chi connectivity index (χ1n) is 10.2. The second-order valence-corrected chi connectivity index (χ2v) is 9.12. The summed E-state index contributed by atoms with van der Waals surface area (Å²) in [7, 11) is 1.79.